The second-order valence-electron chi connectivity index (χ2n) is 4.10. The Bertz CT molecular complexity index is 596. The van der Waals surface area contributed by atoms with Crippen LogP contribution in [0.4, 0.5) is 14.5 Å². The Morgan fingerprint density at radius 1 is 1.00 bits per heavy atom. The fourth-order valence-electron chi connectivity index (χ4n) is 1.98. The topological polar surface area (TPSA) is 30.5 Å². The van der Waals surface area contributed by atoms with Crippen molar-refractivity contribution in [3.05, 3.63) is 53.6 Å². The number of benzene rings is 2. The molecule has 0 spiro atoms. The summed E-state index contributed by atoms with van der Waals surface area (Å²) < 4.78 is 37.5. The van der Waals surface area contributed by atoms with Crippen LogP contribution in [0, 0.1) is 11.6 Å². The summed E-state index contributed by atoms with van der Waals surface area (Å²) in [4.78, 5) is 0. The molecule has 19 heavy (non-hydrogen) atoms. The van der Waals surface area contributed by atoms with Gasteiger partial charge in [0.05, 0.1) is 0 Å². The van der Waals surface area contributed by atoms with E-state index in [0.717, 1.165) is 5.56 Å². The molecule has 1 heterocycles. The Morgan fingerprint density at radius 2 is 1.74 bits per heavy atom. The van der Waals surface area contributed by atoms with Crippen molar-refractivity contribution in [2.24, 2.45) is 0 Å². The molecule has 2 aromatic rings. The fraction of sp³-hybridized carbons (Fsp3) is 0.143. The molecule has 5 heteroatoms. The van der Waals surface area contributed by atoms with E-state index in [1.54, 1.807) is 6.07 Å². The molecule has 0 aromatic heterocycles. The first-order valence-electron chi connectivity index (χ1n) is 5.81. The Kier molecular flexibility index (Phi) is 2.95. The van der Waals surface area contributed by atoms with Crippen LogP contribution in [-0.4, -0.2) is 6.79 Å². The zero-order valence-electron chi connectivity index (χ0n) is 9.95. The molecule has 2 aromatic carbocycles. The monoisotopic (exact) mass is 263 g/mol. The van der Waals surface area contributed by atoms with Gasteiger partial charge in [-0.3, -0.25) is 0 Å². The smallest absolute Gasteiger partial charge is 0.231 e. The molecule has 0 aliphatic carbocycles. The van der Waals surface area contributed by atoms with Crippen LogP contribution in [0.3, 0.4) is 0 Å². The van der Waals surface area contributed by atoms with Crippen LogP contribution in [0.5, 0.6) is 11.5 Å². The molecule has 0 unspecified atom stereocenters. The van der Waals surface area contributed by atoms with Crippen LogP contribution in [0.25, 0.3) is 0 Å². The highest BCUT2D eigenvalue weighted by molar-refractivity contribution is 5.51. The second kappa shape index (κ2) is 4.76. The van der Waals surface area contributed by atoms with E-state index in [1.807, 2.05) is 12.1 Å². The average molecular weight is 263 g/mol. The van der Waals surface area contributed by atoms with Crippen molar-refractivity contribution in [3.63, 3.8) is 0 Å². The van der Waals surface area contributed by atoms with Crippen molar-refractivity contribution in [1.82, 2.24) is 0 Å². The molecule has 1 N–H and O–H groups in total. The third-order valence-electron chi connectivity index (χ3n) is 2.90. The van der Waals surface area contributed by atoms with Crippen molar-refractivity contribution in [2.75, 3.05) is 12.1 Å². The lowest BCUT2D eigenvalue weighted by atomic mass is 10.2. The van der Waals surface area contributed by atoms with Crippen molar-refractivity contribution in [3.8, 4) is 11.5 Å². The SMILES string of the molecule is Fc1cccc(F)c1NCc1cccc2c1OCO2. The molecule has 0 radical (unpaired) electrons. The van der Waals surface area contributed by atoms with Gasteiger partial charge in [-0.1, -0.05) is 18.2 Å². The van der Waals surface area contributed by atoms with Crippen LogP contribution >= 0.6 is 0 Å². The minimum absolute atomic E-state index is 0.140. The molecule has 1 aliphatic heterocycles. The van der Waals surface area contributed by atoms with Crippen LogP contribution in [0.1, 0.15) is 5.56 Å². The highest BCUT2D eigenvalue weighted by Crippen LogP contribution is 2.35. The number of hydrogen-bond donors (Lipinski definition) is 1. The first-order chi connectivity index (χ1) is 9.25. The number of anilines is 1. The number of nitrogens with one attached hydrogen (secondary N) is 1. The van der Waals surface area contributed by atoms with Gasteiger partial charge in [0, 0.05) is 12.1 Å². The Hall–Kier alpha value is -2.30. The van der Waals surface area contributed by atoms with E-state index in [2.05, 4.69) is 5.32 Å². The van der Waals surface area contributed by atoms with Gasteiger partial charge in [0.25, 0.3) is 0 Å². The molecular formula is C14H11F2NO2. The number of ether oxygens (including phenoxy) is 2. The lowest BCUT2D eigenvalue weighted by Gasteiger charge is -2.10. The molecule has 0 amide bonds. The predicted octanol–water partition coefficient (Wildman–Crippen LogP) is 3.31. The van der Waals surface area contributed by atoms with Crippen molar-refractivity contribution >= 4 is 5.69 Å². The first-order valence-corrected chi connectivity index (χ1v) is 5.81. The summed E-state index contributed by atoms with van der Waals surface area (Å²) in [6.07, 6.45) is 0. The lowest BCUT2D eigenvalue weighted by molar-refractivity contribution is 0.173. The second-order valence-corrected chi connectivity index (χ2v) is 4.10. The van der Waals surface area contributed by atoms with Crippen molar-refractivity contribution < 1.29 is 18.3 Å². The van der Waals surface area contributed by atoms with Crippen LogP contribution in [0.2, 0.25) is 0 Å². The largest absolute Gasteiger partial charge is 0.454 e. The summed E-state index contributed by atoms with van der Waals surface area (Å²) in [6, 6.07) is 9.16. The zero-order chi connectivity index (χ0) is 13.2. The minimum atomic E-state index is -0.621. The Labute approximate surface area is 108 Å². The normalized spacial score (nSPS) is 12.5. The minimum Gasteiger partial charge on any atom is -0.454 e. The summed E-state index contributed by atoms with van der Waals surface area (Å²) in [7, 11) is 0. The maximum absolute atomic E-state index is 13.5. The molecule has 3 nitrogen and oxygen atoms in total. The number of rotatable bonds is 3. The lowest BCUT2D eigenvalue weighted by Crippen LogP contribution is -2.04. The van der Waals surface area contributed by atoms with E-state index >= 15 is 0 Å². The van der Waals surface area contributed by atoms with E-state index in [-0.39, 0.29) is 19.0 Å². The maximum Gasteiger partial charge on any atom is 0.231 e. The summed E-state index contributed by atoms with van der Waals surface area (Å²) >= 11 is 0. The van der Waals surface area contributed by atoms with Gasteiger partial charge in [-0.15, -0.1) is 0 Å². The van der Waals surface area contributed by atoms with Gasteiger partial charge in [0.15, 0.2) is 11.5 Å². The molecule has 98 valence electrons. The predicted molar refractivity (Wildman–Crippen MR) is 66.2 cm³/mol. The van der Waals surface area contributed by atoms with Crippen LogP contribution in [0.15, 0.2) is 36.4 Å². The summed E-state index contributed by atoms with van der Waals surface area (Å²) in [6.45, 7) is 0.421. The van der Waals surface area contributed by atoms with Gasteiger partial charge in [-0.25, -0.2) is 8.78 Å². The maximum atomic E-state index is 13.5. The summed E-state index contributed by atoms with van der Waals surface area (Å²) in [5.74, 6) is 0.0227. The first kappa shape index (κ1) is 11.8. The molecule has 0 bridgehead atoms. The van der Waals surface area contributed by atoms with Crippen LogP contribution < -0.4 is 14.8 Å². The Balaban J connectivity index is 1.82. The van der Waals surface area contributed by atoms with Gasteiger partial charge < -0.3 is 14.8 Å². The fourth-order valence-corrected chi connectivity index (χ4v) is 1.98. The third kappa shape index (κ3) is 2.19. The van der Waals surface area contributed by atoms with Crippen LogP contribution in [-0.2, 0) is 6.54 Å². The highest BCUT2D eigenvalue weighted by atomic mass is 19.1. The molecule has 0 saturated heterocycles. The number of hydrogen-bond acceptors (Lipinski definition) is 3. The third-order valence-corrected chi connectivity index (χ3v) is 2.90. The zero-order valence-corrected chi connectivity index (χ0v) is 9.95. The number of halogens is 2. The number of fused-ring (bicyclic) bond motifs is 1. The summed E-state index contributed by atoms with van der Waals surface area (Å²) in [5.41, 5.74) is 0.650. The van der Waals surface area contributed by atoms with Gasteiger partial charge in [0.2, 0.25) is 6.79 Å². The molecule has 3 rings (SSSR count). The Morgan fingerprint density at radius 3 is 2.53 bits per heavy atom. The van der Waals surface area contributed by atoms with Gasteiger partial charge >= 0.3 is 0 Å². The average Bonchev–Trinajstić information content (AvgIpc) is 2.87. The van der Waals surface area contributed by atoms with E-state index in [9.17, 15) is 8.78 Å². The molecule has 0 fully saturated rings. The van der Waals surface area contributed by atoms with Crippen molar-refractivity contribution in [1.29, 1.82) is 0 Å². The van der Waals surface area contributed by atoms with E-state index in [4.69, 9.17) is 9.47 Å². The van der Waals surface area contributed by atoms with E-state index < -0.39 is 11.6 Å². The molecule has 1 aliphatic rings. The molecule has 0 saturated carbocycles. The quantitative estimate of drug-likeness (QED) is 0.921. The highest BCUT2D eigenvalue weighted by Gasteiger charge is 2.17. The summed E-state index contributed by atoms with van der Waals surface area (Å²) in [5, 5.41) is 2.74. The standard InChI is InChI=1S/C14H11F2NO2/c15-10-4-2-5-11(16)13(10)17-7-9-3-1-6-12-14(9)19-8-18-12/h1-6,17H,7-8H2. The van der Waals surface area contributed by atoms with Gasteiger partial charge in [0.1, 0.15) is 17.3 Å². The molecule has 0 atom stereocenters. The van der Waals surface area contributed by atoms with E-state index in [0.29, 0.717) is 11.5 Å². The molecular weight excluding hydrogens is 252 g/mol. The van der Waals surface area contributed by atoms with E-state index in [1.165, 1.54) is 18.2 Å². The van der Waals surface area contributed by atoms with Gasteiger partial charge in [-0.2, -0.15) is 0 Å². The van der Waals surface area contributed by atoms with Crippen molar-refractivity contribution in [2.45, 2.75) is 6.54 Å². The van der Waals surface area contributed by atoms with Gasteiger partial charge in [-0.05, 0) is 18.2 Å². The number of para-hydroxylation sites is 2.